The van der Waals surface area contributed by atoms with Crippen LogP contribution in [0.25, 0.3) is 0 Å². The second-order valence-corrected chi connectivity index (χ2v) is 4.95. The van der Waals surface area contributed by atoms with E-state index >= 15 is 0 Å². The molecular weight excluding hydrogens is 302 g/mol. The molecule has 0 aromatic heterocycles. The molecule has 0 saturated carbocycles. The normalized spacial score (nSPS) is 10.5. The van der Waals surface area contributed by atoms with Gasteiger partial charge >= 0.3 is 0 Å². The topological polar surface area (TPSA) is 70.6 Å². The van der Waals surface area contributed by atoms with Gasteiger partial charge in [0.05, 0.1) is 6.21 Å². The van der Waals surface area contributed by atoms with Gasteiger partial charge in [0.1, 0.15) is 0 Å². The first-order valence-corrected chi connectivity index (χ1v) is 6.89. The molecule has 2 rings (SSSR count). The Balaban J connectivity index is 1.96. The van der Waals surface area contributed by atoms with Gasteiger partial charge in [-0.25, -0.2) is 5.43 Å². The molecule has 2 aromatic carbocycles. The summed E-state index contributed by atoms with van der Waals surface area (Å²) in [7, 11) is 0. The maximum Gasteiger partial charge on any atom is 0.271 e. The van der Waals surface area contributed by atoms with Crippen LogP contribution in [0.4, 0.5) is 5.69 Å². The first-order valence-electron chi connectivity index (χ1n) is 6.51. The standard InChI is InChI=1S/C16H14ClN3O2/c1-11(21)19-15-7-5-13(6-8-15)16(22)20-18-10-12-3-2-4-14(17)9-12/h2-10H,1H3,(H,19,21)(H,20,22)/b18-10-. The molecule has 0 aliphatic rings. The molecular formula is C16H14ClN3O2. The Morgan fingerprint density at radius 3 is 2.50 bits per heavy atom. The van der Waals surface area contributed by atoms with E-state index in [1.807, 2.05) is 6.07 Å². The zero-order chi connectivity index (χ0) is 15.9. The Hall–Kier alpha value is -2.66. The lowest BCUT2D eigenvalue weighted by Gasteiger charge is -2.03. The maximum atomic E-state index is 11.9. The van der Waals surface area contributed by atoms with Gasteiger partial charge in [0.15, 0.2) is 0 Å². The molecule has 6 heteroatoms. The summed E-state index contributed by atoms with van der Waals surface area (Å²) in [5, 5.41) is 7.11. The predicted molar refractivity (Wildman–Crippen MR) is 87.3 cm³/mol. The van der Waals surface area contributed by atoms with E-state index in [2.05, 4.69) is 15.8 Å². The predicted octanol–water partition coefficient (Wildman–Crippen LogP) is 3.06. The number of amides is 2. The summed E-state index contributed by atoms with van der Waals surface area (Å²) < 4.78 is 0. The van der Waals surface area contributed by atoms with E-state index < -0.39 is 0 Å². The Labute approximate surface area is 133 Å². The average Bonchev–Trinajstić information content (AvgIpc) is 2.47. The Morgan fingerprint density at radius 1 is 1.14 bits per heavy atom. The first-order chi connectivity index (χ1) is 10.5. The quantitative estimate of drug-likeness (QED) is 0.672. The summed E-state index contributed by atoms with van der Waals surface area (Å²) >= 11 is 5.85. The van der Waals surface area contributed by atoms with Crippen molar-refractivity contribution >= 4 is 35.3 Å². The van der Waals surface area contributed by atoms with Crippen LogP contribution >= 0.6 is 11.6 Å². The molecule has 2 N–H and O–H groups in total. The number of nitrogens with zero attached hydrogens (tertiary/aromatic N) is 1. The Morgan fingerprint density at radius 2 is 1.86 bits per heavy atom. The Kier molecular flexibility index (Phi) is 5.27. The molecule has 112 valence electrons. The number of carbonyl (C=O) groups is 2. The van der Waals surface area contributed by atoms with Crippen molar-refractivity contribution in [3.63, 3.8) is 0 Å². The molecule has 0 saturated heterocycles. The van der Waals surface area contributed by atoms with E-state index in [0.717, 1.165) is 5.56 Å². The highest BCUT2D eigenvalue weighted by atomic mass is 35.5. The van der Waals surface area contributed by atoms with Crippen LogP contribution in [-0.2, 0) is 4.79 Å². The molecule has 22 heavy (non-hydrogen) atoms. The van der Waals surface area contributed by atoms with Gasteiger partial charge in [-0.1, -0.05) is 23.7 Å². The second-order valence-electron chi connectivity index (χ2n) is 4.51. The van der Waals surface area contributed by atoms with Crippen molar-refractivity contribution in [2.45, 2.75) is 6.92 Å². The highest BCUT2D eigenvalue weighted by Gasteiger charge is 2.04. The van der Waals surface area contributed by atoms with Crippen LogP contribution in [0.3, 0.4) is 0 Å². The van der Waals surface area contributed by atoms with E-state index in [1.165, 1.54) is 13.1 Å². The van der Waals surface area contributed by atoms with Gasteiger partial charge in [-0.3, -0.25) is 9.59 Å². The van der Waals surface area contributed by atoms with E-state index in [9.17, 15) is 9.59 Å². The number of halogens is 1. The van der Waals surface area contributed by atoms with Gasteiger partial charge in [-0.15, -0.1) is 0 Å². The molecule has 5 nitrogen and oxygen atoms in total. The van der Waals surface area contributed by atoms with Gasteiger partial charge in [-0.05, 0) is 42.0 Å². The fraction of sp³-hybridized carbons (Fsp3) is 0.0625. The van der Waals surface area contributed by atoms with Crippen molar-refractivity contribution in [2.24, 2.45) is 5.10 Å². The van der Waals surface area contributed by atoms with Crippen LogP contribution in [0.5, 0.6) is 0 Å². The zero-order valence-electron chi connectivity index (χ0n) is 11.8. The highest BCUT2D eigenvalue weighted by molar-refractivity contribution is 6.30. The first kappa shape index (κ1) is 15.7. The van der Waals surface area contributed by atoms with E-state index in [4.69, 9.17) is 11.6 Å². The van der Waals surface area contributed by atoms with E-state index in [1.54, 1.807) is 42.5 Å². The maximum absolute atomic E-state index is 11.9. The number of benzene rings is 2. The summed E-state index contributed by atoms with van der Waals surface area (Å²) in [6.07, 6.45) is 1.51. The van der Waals surface area contributed by atoms with Crippen LogP contribution < -0.4 is 10.7 Å². The monoisotopic (exact) mass is 315 g/mol. The van der Waals surface area contributed by atoms with E-state index in [0.29, 0.717) is 16.3 Å². The molecule has 0 spiro atoms. The molecule has 0 bridgehead atoms. The number of hydrogen-bond donors (Lipinski definition) is 2. The molecule has 0 aliphatic heterocycles. The van der Waals surface area contributed by atoms with Gasteiger partial charge in [0.2, 0.25) is 5.91 Å². The zero-order valence-corrected chi connectivity index (χ0v) is 12.6. The number of hydrogen-bond acceptors (Lipinski definition) is 3. The summed E-state index contributed by atoms with van der Waals surface area (Å²) in [5.74, 6) is -0.504. The molecule has 0 atom stereocenters. The molecule has 0 fully saturated rings. The van der Waals surface area contributed by atoms with E-state index in [-0.39, 0.29) is 11.8 Å². The van der Waals surface area contributed by atoms with Crippen LogP contribution in [0.15, 0.2) is 53.6 Å². The third-order valence-corrected chi connectivity index (χ3v) is 2.93. The summed E-state index contributed by atoms with van der Waals surface area (Å²) in [6, 6.07) is 13.6. The second kappa shape index (κ2) is 7.38. The molecule has 2 aromatic rings. The summed E-state index contributed by atoms with van der Waals surface area (Å²) in [5.41, 5.74) is 4.29. The SMILES string of the molecule is CC(=O)Nc1ccc(C(=O)N/N=C\c2cccc(Cl)c2)cc1. The lowest BCUT2D eigenvalue weighted by atomic mass is 10.2. The largest absolute Gasteiger partial charge is 0.326 e. The van der Waals surface area contributed by atoms with Crippen LogP contribution in [-0.4, -0.2) is 18.0 Å². The molecule has 2 amide bonds. The highest BCUT2D eigenvalue weighted by Crippen LogP contribution is 2.10. The molecule has 0 heterocycles. The van der Waals surface area contributed by atoms with Crippen molar-refractivity contribution in [1.29, 1.82) is 0 Å². The van der Waals surface area contributed by atoms with Crippen LogP contribution in [0.1, 0.15) is 22.8 Å². The number of nitrogens with one attached hydrogen (secondary N) is 2. The minimum atomic E-state index is -0.340. The lowest BCUT2D eigenvalue weighted by molar-refractivity contribution is -0.114. The average molecular weight is 316 g/mol. The van der Waals surface area contributed by atoms with Crippen molar-refractivity contribution in [3.8, 4) is 0 Å². The van der Waals surface area contributed by atoms with Crippen molar-refractivity contribution in [1.82, 2.24) is 5.43 Å². The number of hydrazone groups is 1. The minimum Gasteiger partial charge on any atom is -0.326 e. The van der Waals surface area contributed by atoms with Crippen molar-refractivity contribution < 1.29 is 9.59 Å². The van der Waals surface area contributed by atoms with Gasteiger partial charge < -0.3 is 5.32 Å². The summed E-state index contributed by atoms with van der Waals surface area (Å²) in [4.78, 5) is 22.8. The van der Waals surface area contributed by atoms with Crippen LogP contribution in [0, 0.1) is 0 Å². The third-order valence-electron chi connectivity index (χ3n) is 2.70. The third kappa shape index (κ3) is 4.71. The van der Waals surface area contributed by atoms with Gasteiger partial charge in [0.25, 0.3) is 5.91 Å². The van der Waals surface area contributed by atoms with Gasteiger partial charge in [-0.2, -0.15) is 5.10 Å². The Bertz CT molecular complexity index is 712. The fourth-order valence-corrected chi connectivity index (χ4v) is 1.92. The van der Waals surface area contributed by atoms with Crippen molar-refractivity contribution in [3.05, 3.63) is 64.7 Å². The number of carbonyl (C=O) groups excluding carboxylic acids is 2. The molecule has 0 unspecified atom stereocenters. The lowest BCUT2D eigenvalue weighted by Crippen LogP contribution is -2.17. The molecule has 0 aliphatic carbocycles. The summed E-state index contributed by atoms with van der Waals surface area (Å²) in [6.45, 7) is 1.42. The fourth-order valence-electron chi connectivity index (χ4n) is 1.73. The smallest absolute Gasteiger partial charge is 0.271 e. The minimum absolute atomic E-state index is 0.164. The number of rotatable bonds is 4. The van der Waals surface area contributed by atoms with Crippen LogP contribution in [0.2, 0.25) is 5.02 Å². The number of anilines is 1. The van der Waals surface area contributed by atoms with Crippen molar-refractivity contribution in [2.75, 3.05) is 5.32 Å². The van der Waals surface area contributed by atoms with Gasteiger partial charge in [0, 0.05) is 23.2 Å². The molecule has 0 radical (unpaired) electrons.